The Morgan fingerprint density at radius 2 is 2.15 bits per heavy atom. The number of carboxylic acids is 1. The van der Waals surface area contributed by atoms with Crippen LogP contribution in [-0.2, 0) is 27.8 Å². The highest BCUT2D eigenvalue weighted by atomic mass is 16.5. The van der Waals surface area contributed by atoms with Crippen molar-refractivity contribution in [2.45, 2.75) is 6.42 Å². The Morgan fingerprint density at radius 1 is 1.40 bits per heavy atom. The van der Waals surface area contributed by atoms with Crippen molar-refractivity contribution in [3.63, 3.8) is 0 Å². The van der Waals surface area contributed by atoms with E-state index in [4.69, 9.17) is 5.11 Å². The monoisotopic (exact) mass is 284 g/mol. The molecule has 0 aliphatic carbocycles. The van der Waals surface area contributed by atoms with Gasteiger partial charge in [0.2, 0.25) is 0 Å². The molecule has 0 aliphatic rings. The zero-order chi connectivity index (χ0) is 15.0. The van der Waals surface area contributed by atoms with Gasteiger partial charge in [-0.2, -0.15) is 5.10 Å². The third-order valence-corrected chi connectivity index (χ3v) is 2.30. The van der Waals surface area contributed by atoms with Gasteiger partial charge in [0.05, 0.1) is 0 Å². The van der Waals surface area contributed by atoms with E-state index >= 15 is 0 Å². The molecule has 3 N–H and O–H groups in total. The van der Waals surface area contributed by atoms with Gasteiger partial charge < -0.3 is 15.2 Å². The van der Waals surface area contributed by atoms with Crippen LogP contribution in [0.3, 0.4) is 0 Å². The minimum absolute atomic E-state index is 0.342. The van der Waals surface area contributed by atoms with E-state index in [1.165, 1.54) is 0 Å². The Balaban J connectivity index is 2.15. The second-order valence-electron chi connectivity index (χ2n) is 3.89. The molecule has 0 bridgehead atoms. The molecule has 0 aliphatic heterocycles. The number of hydrogen-bond donors (Lipinski definition) is 3. The summed E-state index contributed by atoms with van der Waals surface area (Å²) in [7, 11) is 1.79. The molecule has 0 spiro atoms. The quantitative estimate of drug-likeness (QED) is 0.583. The standard InChI is InChI=1S/C11H16N4O5/c1-15-8(3-5-13-15)2-4-12-11(19)14-9(16)6-20-7-10(17)18/h3,5H,2,4,6-7H2,1H3,(H,17,18)(H2,12,14,16,19). The summed E-state index contributed by atoms with van der Waals surface area (Å²) in [5.41, 5.74) is 0.946. The molecular weight excluding hydrogens is 268 g/mol. The van der Waals surface area contributed by atoms with Crippen LogP contribution in [0.2, 0.25) is 0 Å². The van der Waals surface area contributed by atoms with E-state index < -0.39 is 31.1 Å². The Bertz CT molecular complexity index is 485. The molecule has 0 aromatic carbocycles. The van der Waals surface area contributed by atoms with E-state index in [0.29, 0.717) is 13.0 Å². The van der Waals surface area contributed by atoms with Gasteiger partial charge in [-0.15, -0.1) is 0 Å². The van der Waals surface area contributed by atoms with Crippen LogP contribution < -0.4 is 10.6 Å². The number of ether oxygens (including phenoxy) is 1. The number of aliphatic carboxylic acids is 1. The average Bonchev–Trinajstić information content (AvgIpc) is 2.74. The highest BCUT2D eigenvalue weighted by Gasteiger charge is 2.08. The molecule has 0 atom stereocenters. The molecule has 110 valence electrons. The fourth-order valence-electron chi connectivity index (χ4n) is 1.39. The largest absolute Gasteiger partial charge is 0.480 e. The molecule has 3 amide bonds. The molecule has 1 aromatic rings. The molecule has 1 heterocycles. The smallest absolute Gasteiger partial charge is 0.329 e. The number of nitrogens with one attached hydrogen (secondary N) is 2. The van der Waals surface area contributed by atoms with E-state index in [1.807, 2.05) is 11.4 Å². The van der Waals surface area contributed by atoms with Crippen molar-refractivity contribution < 1.29 is 24.2 Å². The number of carbonyl (C=O) groups excluding carboxylic acids is 2. The lowest BCUT2D eigenvalue weighted by Crippen LogP contribution is -2.42. The number of imide groups is 1. The van der Waals surface area contributed by atoms with Crippen LogP contribution in [0.4, 0.5) is 4.79 Å². The van der Waals surface area contributed by atoms with Crippen LogP contribution in [0.5, 0.6) is 0 Å². The molecule has 0 unspecified atom stereocenters. The summed E-state index contributed by atoms with van der Waals surface area (Å²) >= 11 is 0. The molecule has 0 saturated carbocycles. The van der Waals surface area contributed by atoms with Crippen LogP contribution in [0.1, 0.15) is 5.69 Å². The zero-order valence-electron chi connectivity index (χ0n) is 11.0. The normalized spacial score (nSPS) is 10.1. The van der Waals surface area contributed by atoms with E-state index in [0.717, 1.165) is 5.69 Å². The van der Waals surface area contributed by atoms with Crippen molar-refractivity contribution >= 4 is 17.9 Å². The lowest BCUT2D eigenvalue weighted by atomic mass is 10.3. The average molecular weight is 284 g/mol. The van der Waals surface area contributed by atoms with Gasteiger partial charge >= 0.3 is 12.0 Å². The first-order valence-corrected chi connectivity index (χ1v) is 5.83. The van der Waals surface area contributed by atoms with Crippen molar-refractivity contribution in [3.8, 4) is 0 Å². The van der Waals surface area contributed by atoms with E-state index in [-0.39, 0.29) is 0 Å². The van der Waals surface area contributed by atoms with Crippen LogP contribution in [-0.4, -0.2) is 52.6 Å². The third-order valence-electron chi connectivity index (χ3n) is 2.30. The number of rotatable bonds is 7. The molecule has 1 rings (SSSR count). The summed E-state index contributed by atoms with van der Waals surface area (Å²) in [6, 6.07) is 1.17. The first kappa shape index (κ1) is 15.6. The number of carbonyl (C=O) groups is 3. The molecule has 9 heteroatoms. The minimum atomic E-state index is -1.18. The van der Waals surface area contributed by atoms with E-state index in [9.17, 15) is 14.4 Å². The van der Waals surface area contributed by atoms with Gasteiger partial charge in [0.15, 0.2) is 0 Å². The molecule has 9 nitrogen and oxygen atoms in total. The Labute approximate surface area is 114 Å². The summed E-state index contributed by atoms with van der Waals surface area (Å²) in [6.45, 7) is -0.731. The van der Waals surface area contributed by atoms with Gasteiger partial charge in [0.25, 0.3) is 5.91 Å². The molecule has 0 saturated heterocycles. The Hall–Kier alpha value is -2.42. The first-order chi connectivity index (χ1) is 9.49. The maximum absolute atomic E-state index is 11.3. The highest BCUT2D eigenvalue weighted by molar-refractivity contribution is 5.94. The van der Waals surface area contributed by atoms with Crippen molar-refractivity contribution in [1.82, 2.24) is 20.4 Å². The predicted molar refractivity (Wildman–Crippen MR) is 66.9 cm³/mol. The van der Waals surface area contributed by atoms with E-state index in [1.54, 1.807) is 17.9 Å². The molecule has 20 heavy (non-hydrogen) atoms. The topological polar surface area (TPSA) is 123 Å². The maximum atomic E-state index is 11.3. The van der Waals surface area contributed by atoms with Crippen LogP contribution in [0, 0.1) is 0 Å². The summed E-state index contributed by atoms with van der Waals surface area (Å²) in [4.78, 5) is 32.6. The van der Waals surface area contributed by atoms with Gasteiger partial charge in [-0.3, -0.25) is 14.8 Å². The molecular formula is C11H16N4O5. The van der Waals surface area contributed by atoms with Gasteiger partial charge in [-0.1, -0.05) is 0 Å². The number of nitrogens with zero attached hydrogens (tertiary/aromatic N) is 2. The molecule has 0 fully saturated rings. The Morgan fingerprint density at radius 3 is 2.75 bits per heavy atom. The van der Waals surface area contributed by atoms with E-state index in [2.05, 4.69) is 15.2 Å². The summed E-state index contributed by atoms with van der Waals surface area (Å²) in [5.74, 6) is -1.89. The van der Waals surface area contributed by atoms with Crippen LogP contribution >= 0.6 is 0 Å². The molecule has 0 radical (unpaired) electrons. The SMILES string of the molecule is Cn1nccc1CCNC(=O)NC(=O)COCC(=O)O. The second kappa shape index (κ2) is 7.89. The van der Waals surface area contributed by atoms with Gasteiger partial charge in [-0.05, 0) is 6.07 Å². The number of aromatic nitrogens is 2. The summed E-state index contributed by atoms with van der Waals surface area (Å²) < 4.78 is 6.22. The third kappa shape index (κ3) is 5.96. The van der Waals surface area contributed by atoms with Crippen LogP contribution in [0.25, 0.3) is 0 Å². The molecule has 1 aromatic heterocycles. The van der Waals surface area contributed by atoms with Crippen LogP contribution in [0.15, 0.2) is 12.3 Å². The fourth-order valence-corrected chi connectivity index (χ4v) is 1.39. The number of carboxylic acid groups (broad SMARTS) is 1. The van der Waals surface area contributed by atoms with Crippen molar-refractivity contribution in [2.75, 3.05) is 19.8 Å². The maximum Gasteiger partial charge on any atom is 0.329 e. The van der Waals surface area contributed by atoms with Gasteiger partial charge in [0, 0.05) is 31.9 Å². The number of amides is 3. The van der Waals surface area contributed by atoms with Crippen molar-refractivity contribution in [2.24, 2.45) is 7.05 Å². The fraction of sp³-hybridized carbons (Fsp3) is 0.455. The number of aryl methyl sites for hydroxylation is 1. The lowest BCUT2D eigenvalue weighted by Gasteiger charge is -2.07. The summed E-state index contributed by atoms with van der Waals surface area (Å²) in [5, 5.41) is 16.8. The Kier molecular flexibility index (Phi) is 6.17. The number of urea groups is 1. The highest BCUT2D eigenvalue weighted by Crippen LogP contribution is 1.95. The van der Waals surface area contributed by atoms with Gasteiger partial charge in [-0.25, -0.2) is 9.59 Å². The summed E-state index contributed by atoms with van der Waals surface area (Å²) in [6.07, 6.45) is 2.23. The lowest BCUT2D eigenvalue weighted by molar-refractivity contribution is -0.143. The van der Waals surface area contributed by atoms with Crippen molar-refractivity contribution in [1.29, 1.82) is 0 Å². The van der Waals surface area contributed by atoms with Crippen molar-refractivity contribution in [3.05, 3.63) is 18.0 Å². The predicted octanol–water partition coefficient (Wildman–Crippen LogP) is -1.11. The number of hydrogen-bond acceptors (Lipinski definition) is 5. The van der Waals surface area contributed by atoms with Gasteiger partial charge in [0.1, 0.15) is 13.2 Å². The zero-order valence-corrected chi connectivity index (χ0v) is 11.0. The first-order valence-electron chi connectivity index (χ1n) is 5.83. The second-order valence-corrected chi connectivity index (χ2v) is 3.89. The minimum Gasteiger partial charge on any atom is -0.480 e.